The molecule has 2 aliphatic heterocycles. The monoisotopic (exact) mass is 254 g/mol. The van der Waals surface area contributed by atoms with Crippen LogP contribution in [0.5, 0.6) is 0 Å². The Labute approximate surface area is 112 Å². The highest BCUT2D eigenvalue weighted by Gasteiger charge is 2.22. The summed E-state index contributed by atoms with van der Waals surface area (Å²) in [5.41, 5.74) is 3.68. The topological polar surface area (TPSA) is 41.9 Å². The molecule has 4 nitrogen and oxygen atoms in total. The zero-order chi connectivity index (χ0) is 12.7. The number of nitrogens with zero attached hydrogens (tertiary/aromatic N) is 2. The van der Waals surface area contributed by atoms with Crippen LogP contribution in [0.15, 0.2) is 30.3 Å². The highest BCUT2D eigenvalue weighted by Crippen LogP contribution is 2.30. The molecule has 2 N–H and O–H groups in total. The second kappa shape index (κ2) is 4.38. The molecule has 19 heavy (non-hydrogen) atoms. The summed E-state index contributed by atoms with van der Waals surface area (Å²) in [6.45, 7) is 2.00. The Balaban J connectivity index is 1.74. The van der Waals surface area contributed by atoms with E-state index in [1.54, 1.807) is 0 Å². The van der Waals surface area contributed by atoms with E-state index < -0.39 is 0 Å². The number of nitrogens with one attached hydrogen (secondary N) is 2. The van der Waals surface area contributed by atoms with Crippen LogP contribution in [0.4, 0.5) is 5.82 Å². The zero-order valence-corrected chi connectivity index (χ0v) is 10.9. The quantitative estimate of drug-likeness (QED) is 0.822. The van der Waals surface area contributed by atoms with Crippen LogP contribution in [0.1, 0.15) is 36.6 Å². The largest absolute Gasteiger partial charge is 0.366 e. The SMILES string of the molecule is c1ccc2c(c1)CNc1cc([C@@H]3CCCCN3)nn1-2. The molecule has 1 saturated heterocycles. The minimum atomic E-state index is 0.417. The maximum absolute atomic E-state index is 4.81. The second-order valence-electron chi connectivity index (χ2n) is 5.35. The molecular weight excluding hydrogens is 236 g/mol. The first-order valence-electron chi connectivity index (χ1n) is 7.07. The van der Waals surface area contributed by atoms with E-state index in [0.29, 0.717) is 6.04 Å². The van der Waals surface area contributed by atoms with E-state index in [1.807, 2.05) is 4.68 Å². The Kier molecular flexibility index (Phi) is 2.55. The van der Waals surface area contributed by atoms with E-state index in [1.165, 1.54) is 36.2 Å². The summed E-state index contributed by atoms with van der Waals surface area (Å²) >= 11 is 0. The lowest BCUT2D eigenvalue weighted by Crippen LogP contribution is -2.27. The molecule has 1 aromatic carbocycles. The van der Waals surface area contributed by atoms with Crippen molar-refractivity contribution in [2.24, 2.45) is 0 Å². The van der Waals surface area contributed by atoms with Gasteiger partial charge < -0.3 is 10.6 Å². The van der Waals surface area contributed by atoms with E-state index in [9.17, 15) is 0 Å². The predicted octanol–water partition coefficient (Wildman–Crippen LogP) is 2.61. The third-order valence-corrected chi connectivity index (χ3v) is 4.08. The molecular formula is C15H18N4. The number of para-hydroxylation sites is 1. The first-order chi connectivity index (χ1) is 9.42. The molecule has 2 aliphatic rings. The molecule has 0 saturated carbocycles. The molecule has 0 unspecified atom stereocenters. The van der Waals surface area contributed by atoms with Crippen molar-refractivity contribution in [3.8, 4) is 5.69 Å². The van der Waals surface area contributed by atoms with Crippen molar-refractivity contribution in [1.29, 1.82) is 0 Å². The standard InChI is InChI=1S/C15H18N4/c1-2-7-14-11(5-1)10-17-15-9-13(18-19(14)15)12-6-3-4-8-16-12/h1-2,5,7,9,12,16-17H,3-4,6,8,10H2/t12-/m0/s1. The number of fused-ring (bicyclic) bond motifs is 3. The van der Waals surface area contributed by atoms with Gasteiger partial charge in [-0.3, -0.25) is 0 Å². The van der Waals surface area contributed by atoms with Crippen molar-refractivity contribution in [2.75, 3.05) is 11.9 Å². The molecule has 1 atom stereocenters. The Morgan fingerprint density at radius 3 is 3.05 bits per heavy atom. The fourth-order valence-electron chi connectivity index (χ4n) is 3.04. The molecule has 4 rings (SSSR count). The first kappa shape index (κ1) is 11.1. The summed E-state index contributed by atoms with van der Waals surface area (Å²) in [5, 5.41) is 11.8. The lowest BCUT2D eigenvalue weighted by atomic mass is 10.0. The first-order valence-corrected chi connectivity index (χ1v) is 7.07. The van der Waals surface area contributed by atoms with Crippen molar-refractivity contribution in [1.82, 2.24) is 15.1 Å². The molecule has 0 spiro atoms. The van der Waals surface area contributed by atoms with E-state index >= 15 is 0 Å². The summed E-state index contributed by atoms with van der Waals surface area (Å²) in [5.74, 6) is 1.11. The van der Waals surface area contributed by atoms with Crippen LogP contribution in [0, 0.1) is 0 Å². The maximum Gasteiger partial charge on any atom is 0.130 e. The van der Waals surface area contributed by atoms with Gasteiger partial charge in [-0.15, -0.1) is 0 Å². The number of piperidine rings is 1. The summed E-state index contributed by atoms with van der Waals surface area (Å²) in [6.07, 6.45) is 3.77. The van der Waals surface area contributed by atoms with Crippen molar-refractivity contribution in [2.45, 2.75) is 31.8 Å². The molecule has 0 aliphatic carbocycles. The lowest BCUT2D eigenvalue weighted by Gasteiger charge is -2.21. The molecule has 98 valence electrons. The molecule has 0 amide bonds. The van der Waals surface area contributed by atoms with E-state index in [-0.39, 0.29) is 0 Å². The van der Waals surface area contributed by atoms with Crippen molar-refractivity contribution < 1.29 is 0 Å². The van der Waals surface area contributed by atoms with E-state index in [2.05, 4.69) is 41.0 Å². The molecule has 3 heterocycles. The Bertz CT molecular complexity index is 596. The molecule has 0 radical (unpaired) electrons. The van der Waals surface area contributed by atoms with Gasteiger partial charge in [0.15, 0.2) is 0 Å². The van der Waals surface area contributed by atoms with Gasteiger partial charge in [-0.25, -0.2) is 4.68 Å². The molecule has 0 bridgehead atoms. The predicted molar refractivity (Wildman–Crippen MR) is 75.5 cm³/mol. The fraction of sp³-hybridized carbons (Fsp3) is 0.400. The third-order valence-electron chi connectivity index (χ3n) is 4.08. The van der Waals surface area contributed by atoms with Gasteiger partial charge in [0.2, 0.25) is 0 Å². The lowest BCUT2D eigenvalue weighted by molar-refractivity contribution is 0.403. The average molecular weight is 254 g/mol. The van der Waals surface area contributed by atoms with Gasteiger partial charge in [0, 0.05) is 12.6 Å². The summed E-state index contributed by atoms with van der Waals surface area (Å²) in [7, 11) is 0. The van der Waals surface area contributed by atoms with Crippen LogP contribution >= 0.6 is 0 Å². The van der Waals surface area contributed by atoms with Gasteiger partial charge in [-0.2, -0.15) is 5.10 Å². The van der Waals surface area contributed by atoms with Crippen LogP contribution < -0.4 is 10.6 Å². The van der Waals surface area contributed by atoms with Gasteiger partial charge in [0.05, 0.1) is 17.4 Å². The Morgan fingerprint density at radius 1 is 1.21 bits per heavy atom. The van der Waals surface area contributed by atoms with Crippen LogP contribution in [0.2, 0.25) is 0 Å². The van der Waals surface area contributed by atoms with Gasteiger partial charge in [0.1, 0.15) is 5.82 Å². The van der Waals surface area contributed by atoms with Crippen LogP contribution in [0.25, 0.3) is 5.69 Å². The molecule has 1 fully saturated rings. The van der Waals surface area contributed by atoms with Crippen molar-refractivity contribution in [3.05, 3.63) is 41.6 Å². The fourth-order valence-corrected chi connectivity index (χ4v) is 3.04. The number of hydrogen-bond acceptors (Lipinski definition) is 3. The number of aromatic nitrogens is 2. The number of anilines is 1. The van der Waals surface area contributed by atoms with E-state index in [4.69, 9.17) is 5.10 Å². The van der Waals surface area contributed by atoms with Gasteiger partial charge in [-0.1, -0.05) is 24.6 Å². The van der Waals surface area contributed by atoms with Gasteiger partial charge in [-0.05, 0) is 31.0 Å². The Hall–Kier alpha value is -1.81. The Morgan fingerprint density at radius 2 is 2.16 bits per heavy atom. The molecule has 4 heteroatoms. The molecule has 2 aromatic rings. The second-order valence-corrected chi connectivity index (χ2v) is 5.35. The smallest absolute Gasteiger partial charge is 0.130 e. The van der Waals surface area contributed by atoms with Gasteiger partial charge >= 0.3 is 0 Å². The van der Waals surface area contributed by atoms with Crippen molar-refractivity contribution >= 4 is 5.82 Å². The zero-order valence-electron chi connectivity index (χ0n) is 10.9. The normalized spacial score (nSPS) is 21.4. The number of rotatable bonds is 1. The summed E-state index contributed by atoms with van der Waals surface area (Å²) < 4.78 is 2.05. The van der Waals surface area contributed by atoms with Gasteiger partial charge in [0.25, 0.3) is 0 Å². The maximum atomic E-state index is 4.81. The van der Waals surface area contributed by atoms with E-state index in [0.717, 1.165) is 18.9 Å². The highest BCUT2D eigenvalue weighted by atomic mass is 15.4. The molecule has 1 aromatic heterocycles. The number of benzene rings is 1. The minimum Gasteiger partial charge on any atom is -0.366 e. The number of hydrogen-bond donors (Lipinski definition) is 2. The summed E-state index contributed by atoms with van der Waals surface area (Å²) in [4.78, 5) is 0. The highest BCUT2D eigenvalue weighted by molar-refractivity contribution is 5.55. The summed E-state index contributed by atoms with van der Waals surface area (Å²) in [6, 6.07) is 11.1. The average Bonchev–Trinajstić information content (AvgIpc) is 2.93. The van der Waals surface area contributed by atoms with Crippen LogP contribution in [-0.2, 0) is 6.54 Å². The van der Waals surface area contributed by atoms with Crippen molar-refractivity contribution in [3.63, 3.8) is 0 Å². The third kappa shape index (κ3) is 1.83. The van der Waals surface area contributed by atoms with Crippen LogP contribution in [-0.4, -0.2) is 16.3 Å². The van der Waals surface area contributed by atoms with Crippen LogP contribution in [0.3, 0.4) is 0 Å². The minimum absolute atomic E-state index is 0.417.